The highest BCUT2D eigenvalue weighted by Gasteiger charge is 2.25. The van der Waals surface area contributed by atoms with E-state index in [1.54, 1.807) is 18.2 Å². The number of amides is 2. The second-order valence-electron chi connectivity index (χ2n) is 5.46. The van der Waals surface area contributed by atoms with Crippen molar-refractivity contribution in [3.8, 4) is 5.75 Å². The number of rotatable bonds is 5. The molecule has 0 bridgehead atoms. The van der Waals surface area contributed by atoms with Crippen LogP contribution in [0.15, 0.2) is 41.3 Å². The molecule has 1 fully saturated rings. The highest BCUT2D eigenvalue weighted by molar-refractivity contribution is 14.1. The highest BCUT2D eigenvalue weighted by atomic mass is 127. The lowest BCUT2D eigenvalue weighted by Crippen LogP contribution is -2.17. The summed E-state index contributed by atoms with van der Waals surface area (Å²) in [4.78, 5) is 34.2. The van der Waals surface area contributed by atoms with Gasteiger partial charge in [-0.15, -0.1) is 0 Å². The van der Waals surface area contributed by atoms with Gasteiger partial charge in [0.15, 0.2) is 0 Å². The van der Waals surface area contributed by atoms with Crippen LogP contribution in [0.25, 0.3) is 6.08 Å². The first kappa shape index (κ1) is 20.1. The number of imide groups is 1. The van der Waals surface area contributed by atoms with Gasteiger partial charge in [-0.05, 0) is 98.4 Å². The Balaban J connectivity index is 1.75. The van der Waals surface area contributed by atoms with Crippen LogP contribution in [0, 0.1) is 7.14 Å². The van der Waals surface area contributed by atoms with Gasteiger partial charge in [-0.25, -0.2) is 4.79 Å². The number of aromatic carboxylic acids is 1. The second kappa shape index (κ2) is 8.61. The summed E-state index contributed by atoms with van der Waals surface area (Å²) in [7, 11) is 0. The zero-order valence-corrected chi connectivity index (χ0v) is 18.6. The van der Waals surface area contributed by atoms with Crippen LogP contribution in [0.2, 0.25) is 0 Å². The molecule has 138 valence electrons. The van der Waals surface area contributed by atoms with Crippen molar-refractivity contribution < 1.29 is 24.2 Å². The minimum Gasteiger partial charge on any atom is -0.487 e. The molecule has 0 unspecified atom stereocenters. The number of carboxylic acid groups (broad SMARTS) is 1. The fraction of sp³-hybridized carbons (Fsp3) is 0.0556. The number of halogens is 2. The van der Waals surface area contributed by atoms with E-state index >= 15 is 0 Å². The van der Waals surface area contributed by atoms with Crippen molar-refractivity contribution >= 4 is 80.1 Å². The van der Waals surface area contributed by atoms with E-state index in [1.165, 1.54) is 12.1 Å². The van der Waals surface area contributed by atoms with Crippen LogP contribution >= 0.6 is 56.9 Å². The third-order valence-corrected chi connectivity index (χ3v) is 5.96. The predicted octanol–water partition coefficient (Wildman–Crippen LogP) is 4.50. The molecule has 1 heterocycles. The summed E-state index contributed by atoms with van der Waals surface area (Å²) in [6, 6.07) is 10.3. The molecule has 2 N–H and O–H groups in total. The molecule has 2 aromatic carbocycles. The Morgan fingerprint density at radius 1 is 1.15 bits per heavy atom. The first-order chi connectivity index (χ1) is 12.8. The second-order valence-corrected chi connectivity index (χ2v) is 8.80. The number of ether oxygens (including phenoxy) is 1. The lowest BCUT2D eigenvalue weighted by molar-refractivity contribution is -0.115. The Morgan fingerprint density at radius 2 is 1.78 bits per heavy atom. The molecule has 0 spiro atoms. The van der Waals surface area contributed by atoms with Crippen LogP contribution in [-0.4, -0.2) is 22.2 Å². The molecule has 2 amide bonds. The van der Waals surface area contributed by atoms with E-state index in [0.717, 1.165) is 30.0 Å². The minimum absolute atomic E-state index is 0.229. The van der Waals surface area contributed by atoms with Gasteiger partial charge in [0.2, 0.25) is 0 Å². The van der Waals surface area contributed by atoms with Crippen LogP contribution in [0.4, 0.5) is 4.79 Å². The monoisotopic (exact) mass is 607 g/mol. The smallest absolute Gasteiger partial charge is 0.335 e. The highest BCUT2D eigenvalue weighted by Crippen LogP contribution is 2.32. The Kier molecular flexibility index (Phi) is 6.42. The van der Waals surface area contributed by atoms with Crippen molar-refractivity contribution in [2.45, 2.75) is 6.61 Å². The molecular weight excluding hydrogens is 596 g/mol. The van der Waals surface area contributed by atoms with Crippen molar-refractivity contribution in [3.63, 3.8) is 0 Å². The van der Waals surface area contributed by atoms with Gasteiger partial charge in [-0.3, -0.25) is 14.9 Å². The standard InChI is InChI=1S/C18H11I2NO5S/c19-12-5-10(7-14-16(22)21-18(25)27-14)6-13(20)15(12)26-8-9-1-3-11(4-2-9)17(23)24/h1-7H,8H2,(H,23,24)(H,21,22,25)/b14-7+. The van der Waals surface area contributed by atoms with E-state index in [9.17, 15) is 14.4 Å². The number of carbonyl (C=O) groups is 3. The summed E-state index contributed by atoms with van der Waals surface area (Å²) >= 11 is 5.19. The van der Waals surface area contributed by atoms with Crippen LogP contribution in [0.1, 0.15) is 21.5 Å². The zero-order valence-electron chi connectivity index (χ0n) is 13.5. The quantitative estimate of drug-likeness (QED) is 0.385. The average molecular weight is 607 g/mol. The lowest BCUT2D eigenvalue weighted by Gasteiger charge is -2.12. The molecule has 9 heteroatoms. The maximum absolute atomic E-state index is 11.7. The molecule has 0 radical (unpaired) electrons. The molecular formula is C18H11I2NO5S. The zero-order chi connectivity index (χ0) is 19.6. The molecule has 0 saturated carbocycles. The molecule has 1 aliphatic rings. The Morgan fingerprint density at radius 3 is 2.30 bits per heavy atom. The number of benzene rings is 2. The first-order valence-electron chi connectivity index (χ1n) is 7.52. The van der Waals surface area contributed by atoms with Gasteiger partial charge in [0.1, 0.15) is 12.4 Å². The summed E-state index contributed by atoms with van der Waals surface area (Å²) in [6.45, 7) is 0.305. The van der Waals surface area contributed by atoms with Crippen molar-refractivity contribution in [2.75, 3.05) is 0 Å². The SMILES string of the molecule is O=C1NC(=O)/C(=C\c2cc(I)c(OCc3ccc(C(=O)O)cc3)c(I)c2)S1. The van der Waals surface area contributed by atoms with E-state index in [1.807, 2.05) is 12.1 Å². The van der Waals surface area contributed by atoms with Gasteiger partial charge in [0, 0.05) is 0 Å². The molecule has 6 nitrogen and oxygen atoms in total. The van der Waals surface area contributed by atoms with Crippen molar-refractivity contribution in [1.82, 2.24) is 5.32 Å². The summed E-state index contributed by atoms with van der Waals surface area (Å²) in [5.41, 5.74) is 1.89. The minimum atomic E-state index is -0.966. The van der Waals surface area contributed by atoms with Gasteiger partial charge in [-0.1, -0.05) is 12.1 Å². The molecule has 1 aliphatic heterocycles. The molecule has 1 saturated heterocycles. The third kappa shape index (κ3) is 5.02. The Bertz CT molecular complexity index is 949. The average Bonchev–Trinajstić information content (AvgIpc) is 2.91. The normalized spacial score (nSPS) is 15.1. The van der Waals surface area contributed by atoms with Crippen LogP contribution < -0.4 is 10.1 Å². The van der Waals surface area contributed by atoms with E-state index in [-0.39, 0.29) is 16.7 Å². The number of thioether (sulfide) groups is 1. The Hall–Kier alpha value is -1.60. The van der Waals surface area contributed by atoms with Gasteiger partial charge in [-0.2, -0.15) is 0 Å². The largest absolute Gasteiger partial charge is 0.487 e. The Labute approximate surface area is 186 Å². The van der Waals surface area contributed by atoms with E-state index in [4.69, 9.17) is 9.84 Å². The molecule has 3 rings (SSSR count). The number of hydrogen-bond donors (Lipinski definition) is 2. The van der Waals surface area contributed by atoms with Crippen molar-refractivity contribution in [3.05, 3.63) is 65.1 Å². The fourth-order valence-electron chi connectivity index (χ4n) is 2.27. The lowest BCUT2D eigenvalue weighted by atomic mass is 10.1. The molecule has 27 heavy (non-hydrogen) atoms. The van der Waals surface area contributed by atoms with E-state index in [2.05, 4.69) is 50.5 Å². The fourth-order valence-corrected chi connectivity index (χ4v) is 5.08. The number of hydrogen-bond acceptors (Lipinski definition) is 5. The molecule has 0 aromatic heterocycles. The number of carboxylic acids is 1. The summed E-state index contributed by atoms with van der Waals surface area (Å²) < 4.78 is 7.62. The molecule has 2 aromatic rings. The van der Waals surface area contributed by atoms with Gasteiger partial charge in [0.25, 0.3) is 11.1 Å². The van der Waals surface area contributed by atoms with Gasteiger partial charge >= 0.3 is 5.97 Å². The topological polar surface area (TPSA) is 92.7 Å². The van der Waals surface area contributed by atoms with Gasteiger partial charge in [0.05, 0.1) is 17.6 Å². The van der Waals surface area contributed by atoms with Crippen molar-refractivity contribution in [1.29, 1.82) is 0 Å². The summed E-state index contributed by atoms with van der Waals surface area (Å²) in [5.74, 6) is -0.646. The van der Waals surface area contributed by atoms with Crippen LogP contribution in [-0.2, 0) is 11.4 Å². The first-order valence-corrected chi connectivity index (χ1v) is 10.5. The third-order valence-electron chi connectivity index (χ3n) is 3.54. The summed E-state index contributed by atoms with van der Waals surface area (Å²) in [6.07, 6.45) is 1.67. The van der Waals surface area contributed by atoms with E-state index in [0.29, 0.717) is 17.3 Å². The van der Waals surface area contributed by atoms with E-state index < -0.39 is 5.97 Å². The maximum Gasteiger partial charge on any atom is 0.335 e. The van der Waals surface area contributed by atoms with Gasteiger partial charge < -0.3 is 9.84 Å². The maximum atomic E-state index is 11.7. The molecule has 0 aliphatic carbocycles. The van der Waals surface area contributed by atoms with Crippen LogP contribution in [0.3, 0.4) is 0 Å². The molecule has 0 atom stereocenters. The predicted molar refractivity (Wildman–Crippen MR) is 119 cm³/mol. The van der Waals surface area contributed by atoms with Crippen LogP contribution in [0.5, 0.6) is 5.75 Å². The van der Waals surface area contributed by atoms with Crippen molar-refractivity contribution in [2.24, 2.45) is 0 Å². The number of carbonyl (C=O) groups excluding carboxylic acids is 2. The summed E-state index contributed by atoms with van der Waals surface area (Å²) in [5, 5.41) is 10.8. The number of nitrogens with one attached hydrogen (secondary N) is 1.